The van der Waals surface area contributed by atoms with Gasteiger partial charge in [-0.2, -0.15) is 0 Å². The summed E-state index contributed by atoms with van der Waals surface area (Å²) in [5, 5.41) is 9.69. The lowest BCUT2D eigenvalue weighted by molar-refractivity contribution is -0.667. The van der Waals surface area contributed by atoms with E-state index in [1.54, 1.807) is 12.3 Å². The van der Waals surface area contributed by atoms with Gasteiger partial charge in [-0.3, -0.25) is 0 Å². The number of nitrogens with zero attached hydrogens (tertiary/aromatic N) is 2. The van der Waals surface area contributed by atoms with Crippen molar-refractivity contribution in [1.82, 2.24) is 0 Å². The van der Waals surface area contributed by atoms with Crippen molar-refractivity contribution in [3.8, 4) is 11.3 Å². The molecule has 0 radical (unpaired) electrons. The summed E-state index contributed by atoms with van der Waals surface area (Å²) in [6.07, 6.45) is 15.3. The van der Waals surface area contributed by atoms with Crippen LogP contribution < -0.4 is 4.68 Å². The number of rotatable bonds is 4. The topological polar surface area (TPSA) is 16.2 Å². The highest BCUT2D eigenvalue weighted by molar-refractivity contribution is 6.08. The molecule has 0 spiro atoms. The average molecular weight is 402 g/mol. The number of pyridine rings is 1. The fourth-order valence-corrected chi connectivity index (χ4v) is 4.43. The second-order valence-electron chi connectivity index (χ2n) is 8.02. The van der Waals surface area contributed by atoms with Gasteiger partial charge >= 0.3 is 0 Å². The third-order valence-electron chi connectivity index (χ3n) is 6.03. The Kier molecular flexibility index (Phi) is 5.05. The number of aromatic nitrogens is 1. The van der Waals surface area contributed by atoms with E-state index in [0.717, 1.165) is 12.1 Å². The number of benzene rings is 3. The Labute approximate surface area is 183 Å². The van der Waals surface area contributed by atoms with Crippen molar-refractivity contribution in [2.24, 2.45) is 5.10 Å². The molecule has 1 aliphatic rings. The predicted octanol–water partition coefficient (Wildman–Crippen LogP) is 6.88. The van der Waals surface area contributed by atoms with E-state index in [2.05, 4.69) is 110 Å². The van der Waals surface area contributed by atoms with Gasteiger partial charge in [0.2, 0.25) is 11.9 Å². The summed E-state index contributed by atoms with van der Waals surface area (Å²) in [4.78, 5) is 0. The van der Waals surface area contributed by atoms with E-state index in [1.165, 1.54) is 38.2 Å². The molecule has 0 amide bonds. The minimum Gasteiger partial charge on any atom is -0.0973 e. The molecule has 0 saturated carbocycles. The van der Waals surface area contributed by atoms with Gasteiger partial charge in [0, 0.05) is 18.1 Å². The van der Waals surface area contributed by atoms with Gasteiger partial charge in [-0.1, -0.05) is 72.0 Å². The monoisotopic (exact) mass is 401 g/mol. The van der Waals surface area contributed by atoms with Gasteiger partial charge < -0.3 is 0 Å². The van der Waals surface area contributed by atoms with E-state index in [-0.39, 0.29) is 0 Å². The van der Waals surface area contributed by atoms with Crippen molar-refractivity contribution in [3.05, 3.63) is 115 Å². The Balaban J connectivity index is 1.71. The van der Waals surface area contributed by atoms with Gasteiger partial charge in [-0.15, -0.1) is 0 Å². The molecule has 1 heterocycles. The molecule has 5 rings (SSSR count). The molecule has 1 unspecified atom stereocenters. The lowest BCUT2D eigenvalue weighted by Gasteiger charge is -2.14. The van der Waals surface area contributed by atoms with Crippen LogP contribution in [-0.2, 0) is 0 Å². The Morgan fingerprint density at radius 3 is 2.68 bits per heavy atom. The molecular weight excluding hydrogens is 376 g/mol. The molecule has 2 nitrogen and oxygen atoms in total. The molecule has 0 saturated heterocycles. The smallest absolute Gasteiger partial charge is 0.0973 e. The maximum Gasteiger partial charge on any atom is 0.245 e. The van der Waals surface area contributed by atoms with Gasteiger partial charge in [-0.25, -0.2) is 0 Å². The lowest BCUT2D eigenvalue weighted by Crippen LogP contribution is -2.30. The number of aryl methyl sites for hydroxylation is 1. The van der Waals surface area contributed by atoms with Crippen molar-refractivity contribution in [1.29, 1.82) is 0 Å². The second-order valence-corrected chi connectivity index (χ2v) is 8.02. The Bertz CT molecular complexity index is 1390. The molecule has 0 fully saturated rings. The first-order valence-corrected chi connectivity index (χ1v) is 10.7. The van der Waals surface area contributed by atoms with Crippen molar-refractivity contribution < 1.29 is 4.68 Å². The van der Waals surface area contributed by atoms with Crippen molar-refractivity contribution in [2.45, 2.75) is 19.3 Å². The Morgan fingerprint density at radius 2 is 1.84 bits per heavy atom. The van der Waals surface area contributed by atoms with Gasteiger partial charge in [0.1, 0.15) is 0 Å². The molecule has 1 aliphatic carbocycles. The Morgan fingerprint density at radius 1 is 0.968 bits per heavy atom. The molecule has 150 valence electrons. The third kappa shape index (κ3) is 3.62. The molecule has 0 bridgehead atoms. The molecule has 31 heavy (non-hydrogen) atoms. The van der Waals surface area contributed by atoms with E-state index < -0.39 is 0 Å². The summed E-state index contributed by atoms with van der Waals surface area (Å²) >= 11 is 0. The average Bonchev–Trinajstić information content (AvgIpc) is 2.83. The molecule has 2 heteroatoms. The minimum atomic E-state index is 0.395. The van der Waals surface area contributed by atoms with Crippen LogP contribution in [0, 0.1) is 6.92 Å². The number of hydrogen-bond acceptors (Lipinski definition) is 1. The van der Waals surface area contributed by atoms with Gasteiger partial charge in [0.05, 0.1) is 11.8 Å². The highest BCUT2D eigenvalue weighted by Crippen LogP contribution is 2.33. The zero-order chi connectivity index (χ0) is 21.2. The lowest BCUT2D eigenvalue weighted by atomic mass is 9.91. The van der Waals surface area contributed by atoms with E-state index >= 15 is 0 Å². The van der Waals surface area contributed by atoms with Gasteiger partial charge in [-0.05, 0) is 69.3 Å². The number of allylic oxidation sites excluding steroid dienone is 5. The molecule has 4 aromatic rings. The first-order chi connectivity index (χ1) is 15.2. The standard InChI is InChI=1S/C29H25N2/c1-3-16-30-31-17-15-24(22-9-5-4-6-10-22)20-29(31)27-19-25-14-13-23-11-7-8-12-26(23)28(25)18-21(27)2/h3-9,11-20,22H,1,10H2,2H3/q+1/b30-16+. The van der Waals surface area contributed by atoms with Crippen LogP contribution in [-0.4, -0.2) is 6.21 Å². The predicted molar refractivity (Wildman–Crippen MR) is 132 cm³/mol. The summed E-state index contributed by atoms with van der Waals surface area (Å²) < 4.78 is 1.95. The van der Waals surface area contributed by atoms with Crippen molar-refractivity contribution in [3.63, 3.8) is 0 Å². The summed E-state index contributed by atoms with van der Waals surface area (Å²) in [5.41, 5.74) is 4.83. The maximum atomic E-state index is 4.60. The molecule has 0 N–H and O–H groups in total. The van der Waals surface area contributed by atoms with Crippen LogP contribution in [0.25, 0.3) is 32.8 Å². The molecular formula is C29H25N2+. The van der Waals surface area contributed by atoms with E-state index in [9.17, 15) is 0 Å². The largest absolute Gasteiger partial charge is 0.245 e. The molecule has 1 atom stereocenters. The first-order valence-electron chi connectivity index (χ1n) is 10.7. The van der Waals surface area contributed by atoms with Crippen LogP contribution in [0.2, 0.25) is 0 Å². The number of fused-ring (bicyclic) bond motifs is 3. The van der Waals surface area contributed by atoms with E-state index in [0.29, 0.717) is 5.92 Å². The van der Waals surface area contributed by atoms with Gasteiger partial charge in [0.15, 0.2) is 0 Å². The summed E-state index contributed by atoms with van der Waals surface area (Å²) in [6, 6.07) is 22.1. The second kappa shape index (κ2) is 8.16. The van der Waals surface area contributed by atoms with Crippen molar-refractivity contribution >= 4 is 27.8 Å². The zero-order valence-corrected chi connectivity index (χ0v) is 17.7. The van der Waals surface area contributed by atoms with Crippen LogP contribution >= 0.6 is 0 Å². The van der Waals surface area contributed by atoms with E-state index in [1.807, 2.05) is 4.68 Å². The minimum absolute atomic E-state index is 0.395. The highest BCUT2D eigenvalue weighted by Gasteiger charge is 2.20. The highest BCUT2D eigenvalue weighted by atomic mass is 15.3. The molecule has 0 aliphatic heterocycles. The van der Waals surface area contributed by atoms with Crippen LogP contribution in [0.3, 0.4) is 0 Å². The van der Waals surface area contributed by atoms with Crippen LogP contribution in [0.4, 0.5) is 0 Å². The summed E-state index contributed by atoms with van der Waals surface area (Å²) in [6.45, 7) is 5.97. The quantitative estimate of drug-likeness (QED) is 0.201. The fourth-order valence-electron chi connectivity index (χ4n) is 4.43. The van der Waals surface area contributed by atoms with Gasteiger partial charge in [0.25, 0.3) is 0 Å². The fraction of sp³-hybridized carbons (Fsp3) is 0.103. The van der Waals surface area contributed by atoms with Crippen molar-refractivity contribution in [2.75, 3.05) is 0 Å². The maximum absolute atomic E-state index is 4.60. The molecule has 3 aromatic carbocycles. The van der Waals surface area contributed by atoms with Crippen LogP contribution in [0.1, 0.15) is 23.5 Å². The normalized spacial score (nSPS) is 15.8. The zero-order valence-electron chi connectivity index (χ0n) is 17.7. The molecule has 1 aromatic heterocycles. The first kappa shape index (κ1) is 19.2. The van der Waals surface area contributed by atoms with Crippen LogP contribution in [0.15, 0.2) is 109 Å². The number of hydrogen-bond donors (Lipinski definition) is 0. The van der Waals surface area contributed by atoms with E-state index in [4.69, 9.17) is 0 Å². The summed E-state index contributed by atoms with van der Waals surface area (Å²) in [7, 11) is 0. The SMILES string of the molecule is C=C/C=N/[n+]1ccc(C2C=CC=CC2)cc1-c1cc2ccc3ccccc3c2cc1C. The van der Waals surface area contributed by atoms with Crippen LogP contribution in [0.5, 0.6) is 0 Å². The third-order valence-corrected chi connectivity index (χ3v) is 6.03. The Hall–Kier alpha value is -3.78. The summed E-state index contributed by atoms with van der Waals surface area (Å²) in [5.74, 6) is 0.395.